The Morgan fingerprint density at radius 3 is 2.71 bits per heavy atom. The SMILES string of the molecule is CCCOc1cc(C)c(Cl)cc1C(C)CCS. The van der Waals surface area contributed by atoms with Gasteiger partial charge in [0.1, 0.15) is 5.75 Å². The molecule has 0 N–H and O–H groups in total. The zero-order valence-electron chi connectivity index (χ0n) is 10.8. The highest BCUT2D eigenvalue weighted by atomic mass is 35.5. The molecule has 0 spiro atoms. The van der Waals surface area contributed by atoms with E-state index < -0.39 is 0 Å². The number of hydrogen-bond acceptors (Lipinski definition) is 2. The molecule has 0 fully saturated rings. The second kappa shape index (κ2) is 7.17. The fraction of sp³-hybridized carbons (Fsp3) is 0.571. The van der Waals surface area contributed by atoms with Crippen molar-refractivity contribution in [3.8, 4) is 5.75 Å². The zero-order chi connectivity index (χ0) is 12.8. The minimum absolute atomic E-state index is 0.428. The van der Waals surface area contributed by atoms with Crippen molar-refractivity contribution in [3.63, 3.8) is 0 Å². The normalized spacial score (nSPS) is 12.5. The zero-order valence-corrected chi connectivity index (χ0v) is 12.4. The van der Waals surface area contributed by atoms with Crippen molar-refractivity contribution in [3.05, 3.63) is 28.3 Å². The summed E-state index contributed by atoms with van der Waals surface area (Å²) in [5, 5.41) is 0.815. The van der Waals surface area contributed by atoms with E-state index >= 15 is 0 Å². The third kappa shape index (κ3) is 4.11. The van der Waals surface area contributed by atoms with Crippen molar-refractivity contribution < 1.29 is 4.74 Å². The van der Waals surface area contributed by atoms with Crippen molar-refractivity contribution in [1.29, 1.82) is 0 Å². The van der Waals surface area contributed by atoms with Gasteiger partial charge in [0.2, 0.25) is 0 Å². The summed E-state index contributed by atoms with van der Waals surface area (Å²) in [5.41, 5.74) is 2.27. The van der Waals surface area contributed by atoms with E-state index in [9.17, 15) is 0 Å². The molecule has 0 heterocycles. The number of halogens is 1. The molecule has 0 aliphatic heterocycles. The molecule has 0 aliphatic carbocycles. The molecule has 17 heavy (non-hydrogen) atoms. The first-order chi connectivity index (χ1) is 8.10. The molecule has 0 radical (unpaired) electrons. The topological polar surface area (TPSA) is 9.23 Å². The summed E-state index contributed by atoms with van der Waals surface area (Å²) >= 11 is 10.5. The standard InChI is InChI=1S/C14H21ClOS/c1-4-6-16-14-8-11(3)13(15)9-12(14)10(2)5-7-17/h8-10,17H,4-7H2,1-3H3. The van der Waals surface area contributed by atoms with Crippen LogP contribution in [0.5, 0.6) is 5.75 Å². The van der Waals surface area contributed by atoms with E-state index in [1.165, 1.54) is 5.56 Å². The summed E-state index contributed by atoms with van der Waals surface area (Å²) in [6, 6.07) is 4.08. The van der Waals surface area contributed by atoms with Gasteiger partial charge < -0.3 is 4.74 Å². The average molecular weight is 273 g/mol. The van der Waals surface area contributed by atoms with Crippen LogP contribution in [-0.2, 0) is 0 Å². The van der Waals surface area contributed by atoms with Gasteiger partial charge in [0.15, 0.2) is 0 Å². The number of aryl methyl sites for hydroxylation is 1. The third-order valence-corrected chi connectivity index (χ3v) is 3.51. The van der Waals surface area contributed by atoms with Crippen molar-refractivity contribution in [1.82, 2.24) is 0 Å². The molecular formula is C14H21ClOS. The number of thiol groups is 1. The number of ether oxygens (including phenoxy) is 1. The van der Waals surface area contributed by atoms with Crippen molar-refractivity contribution in [2.24, 2.45) is 0 Å². The Hall–Kier alpha value is -0.340. The molecule has 3 heteroatoms. The van der Waals surface area contributed by atoms with Crippen molar-refractivity contribution in [2.75, 3.05) is 12.4 Å². The Morgan fingerprint density at radius 2 is 2.12 bits per heavy atom. The van der Waals surface area contributed by atoms with Gasteiger partial charge in [0.05, 0.1) is 6.61 Å². The van der Waals surface area contributed by atoms with Gasteiger partial charge in [-0.2, -0.15) is 12.6 Å². The van der Waals surface area contributed by atoms with E-state index in [0.717, 1.165) is 41.5 Å². The Kier molecular flexibility index (Phi) is 6.21. The maximum absolute atomic E-state index is 6.19. The van der Waals surface area contributed by atoms with Crippen LogP contribution < -0.4 is 4.74 Å². The maximum atomic E-state index is 6.19. The van der Waals surface area contributed by atoms with Gasteiger partial charge in [-0.25, -0.2) is 0 Å². The van der Waals surface area contributed by atoms with Crippen LogP contribution in [0.25, 0.3) is 0 Å². The van der Waals surface area contributed by atoms with E-state index in [4.69, 9.17) is 16.3 Å². The number of benzene rings is 1. The summed E-state index contributed by atoms with van der Waals surface area (Å²) in [4.78, 5) is 0. The molecule has 1 unspecified atom stereocenters. The lowest BCUT2D eigenvalue weighted by Gasteiger charge is -2.17. The van der Waals surface area contributed by atoms with Gasteiger partial charge in [0, 0.05) is 5.02 Å². The highest BCUT2D eigenvalue weighted by molar-refractivity contribution is 7.80. The third-order valence-electron chi connectivity index (χ3n) is 2.85. The average Bonchev–Trinajstić information content (AvgIpc) is 2.30. The summed E-state index contributed by atoms with van der Waals surface area (Å²) in [5.74, 6) is 2.28. The second-order valence-corrected chi connectivity index (χ2v) is 5.26. The van der Waals surface area contributed by atoms with Gasteiger partial charge in [-0.1, -0.05) is 25.4 Å². The first kappa shape index (κ1) is 14.7. The lowest BCUT2D eigenvalue weighted by Crippen LogP contribution is -2.03. The predicted octanol–water partition coefficient (Wildman–Crippen LogP) is 4.86. The minimum Gasteiger partial charge on any atom is -0.493 e. The van der Waals surface area contributed by atoms with E-state index in [2.05, 4.69) is 26.5 Å². The summed E-state index contributed by atoms with van der Waals surface area (Å²) in [7, 11) is 0. The first-order valence-electron chi connectivity index (χ1n) is 6.13. The summed E-state index contributed by atoms with van der Waals surface area (Å²) in [6.07, 6.45) is 2.05. The number of hydrogen-bond donors (Lipinski definition) is 1. The molecule has 1 atom stereocenters. The van der Waals surface area contributed by atoms with E-state index in [0.29, 0.717) is 5.92 Å². The van der Waals surface area contributed by atoms with Gasteiger partial charge in [-0.05, 0) is 54.7 Å². The largest absolute Gasteiger partial charge is 0.493 e. The van der Waals surface area contributed by atoms with Crippen LogP contribution >= 0.6 is 24.2 Å². The highest BCUT2D eigenvalue weighted by Crippen LogP contribution is 2.33. The minimum atomic E-state index is 0.428. The Labute approximate surface area is 115 Å². The smallest absolute Gasteiger partial charge is 0.123 e. The monoisotopic (exact) mass is 272 g/mol. The molecule has 0 saturated heterocycles. The van der Waals surface area contributed by atoms with E-state index in [-0.39, 0.29) is 0 Å². The van der Waals surface area contributed by atoms with Crippen LogP contribution in [-0.4, -0.2) is 12.4 Å². The van der Waals surface area contributed by atoms with Crippen LogP contribution in [0.4, 0.5) is 0 Å². The number of rotatable bonds is 6. The molecule has 96 valence electrons. The van der Waals surface area contributed by atoms with E-state index in [1.54, 1.807) is 0 Å². The summed E-state index contributed by atoms with van der Waals surface area (Å²) in [6.45, 7) is 7.06. The quantitative estimate of drug-likeness (QED) is 0.728. The molecule has 0 aliphatic rings. The Bertz CT molecular complexity index is 365. The Morgan fingerprint density at radius 1 is 1.41 bits per heavy atom. The molecule has 0 bridgehead atoms. The van der Waals surface area contributed by atoms with Crippen LogP contribution in [0.2, 0.25) is 5.02 Å². The fourth-order valence-electron chi connectivity index (χ4n) is 1.74. The molecule has 0 saturated carbocycles. The molecular weight excluding hydrogens is 252 g/mol. The fourth-order valence-corrected chi connectivity index (χ4v) is 2.30. The second-order valence-electron chi connectivity index (χ2n) is 4.40. The van der Waals surface area contributed by atoms with Crippen molar-refractivity contribution in [2.45, 2.75) is 39.5 Å². The van der Waals surface area contributed by atoms with Gasteiger partial charge >= 0.3 is 0 Å². The van der Waals surface area contributed by atoms with Gasteiger partial charge in [-0.3, -0.25) is 0 Å². The van der Waals surface area contributed by atoms with Crippen LogP contribution in [0.1, 0.15) is 43.7 Å². The molecule has 1 rings (SSSR count). The molecule has 1 aromatic rings. The lowest BCUT2D eigenvalue weighted by molar-refractivity contribution is 0.312. The van der Waals surface area contributed by atoms with Crippen LogP contribution in [0.3, 0.4) is 0 Å². The van der Waals surface area contributed by atoms with Gasteiger partial charge in [-0.15, -0.1) is 0 Å². The highest BCUT2D eigenvalue weighted by Gasteiger charge is 2.13. The van der Waals surface area contributed by atoms with Crippen LogP contribution in [0.15, 0.2) is 12.1 Å². The molecule has 0 aromatic heterocycles. The maximum Gasteiger partial charge on any atom is 0.123 e. The summed E-state index contributed by atoms with van der Waals surface area (Å²) < 4.78 is 5.81. The predicted molar refractivity (Wildman–Crippen MR) is 78.9 cm³/mol. The van der Waals surface area contributed by atoms with E-state index in [1.807, 2.05) is 19.1 Å². The first-order valence-corrected chi connectivity index (χ1v) is 7.14. The van der Waals surface area contributed by atoms with Crippen LogP contribution in [0, 0.1) is 6.92 Å². The van der Waals surface area contributed by atoms with Crippen molar-refractivity contribution >= 4 is 24.2 Å². The lowest BCUT2D eigenvalue weighted by atomic mass is 9.96. The Balaban J connectivity index is 3.02. The molecule has 0 amide bonds. The van der Waals surface area contributed by atoms with Gasteiger partial charge in [0.25, 0.3) is 0 Å². The molecule has 1 aromatic carbocycles. The molecule has 1 nitrogen and oxygen atoms in total.